The number of nitrogens with zero attached hydrogens (tertiary/aromatic N) is 1. The summed E-state index contributed by atoms with van der Waals surface area (Å²) in [5.41, 5.74) is -0.386. The van der Waals surface area contributed by atoms with E-state index >= 15 is 0 Å². The van der Waals surface area contributed by atoms with Crippen molar-refractivity contribution in [3.63, 3.8) is 0 Å². The first-order valence-electron chi connectivity index (χ1n) is 4.39. The molecule has 1 rings (SSSR count). The molecule has 1 fully saturated rings. The fourth-order valence-electron chi connectivity index (χ4n) is 2.10. The lowest BCUT2D eigenvalue weighted by atomic mass is 10.0. The van der Waals surface area contributed by atoms with Crippen LogP contribution in [-0.2, 0) is 0 Å². The van der Waals surface area contributed by atoms with Gasteiger partial charge in [-0.15, -0.1) is 0 Å². The van der Waals surface area contributed by atoms with Gasteiger partial charge in [0.05, 0.1) is 5.60 Å². The fourth-order valence-corrected chi connectivity index (χ4v) is 2.10. The molecule has 2 atom stereocenters. The van der Waals surface area contributed by atoms with Gasteiger partial charge in [0, 0.05) is 6.54 Å². The van der Waals surface area contributed by atoms with Crippen molar-refractivity contribution in [3.05, 3.63) is 0 Å². The Morgan fingerprint density at radius 3 is 2.55 bits per heavy atom. The molecular weight excluding hydrogens is 138 g/mol. The van der Waals surface area contributed by atoms with Crippen molar-refractivity contribution in [2.45, 2.75) is 31.8 Å². The van der Waals surface area contributed by atoms with E-state index in [2.05, 4.69) is 11.8 Å². The van der Waals surface area contributed by atoms with Crippen LogP contribution in [0, 0.1) is 5.92 Å². The molecule has 1 saturated carbocycles. The van der Waals surface area contributed by atoms with E-state index in [0.29, 0.717) is 5.92 Å². The Hall–Kier alpha value is -0.0800. The summed E-state index contributed by atoms with van der Waals surface area (Å²) >= 11 is 0. The summed E-state index contributed by atoms with van der Waals surface area (Å²) in [6.07, 6.45) is 3.14. The quantitative estimate of drug-likeness (QED) is 0.649. The van der Waals surface area contributed by atoms with Crippen LogP contribution in [0.2, 0.25) is 0 Å². The zero-order valence-electron chi connectivity index (χ0n) is 7.80. The van der Waals surface area contributed by atoms with Crippen LogP contribution in [-0.4, -0.2) is 36.2 Å². The molecule has 11 heavy (non-hydrogen) atoms. The molecular formula is C9H19NO. The standard InChI is InChI=1S/C9H19NO/c1-8-4-5-9(11,6-8)7-10(2)3/h8,11H,4-7H2,1-3H3. The molecule has 0 saturated heterocycles. The third kappa shape index (κ3) is 2.46. The van der Waals surface area contributed by atoms with Gasteiger partial charge in [0.25, 0.3) is 0 Å². The summed E-state index contributed by atoms with van der Waals surface area (Å²) in [5.74, 6) is 0.708. The number of rotatable bonds is 2. The van der Waals surface area contributed by atoms with Crippen LogP contribution >= 0.6 is 0 Å². The van der Waals surface area contributed by atoms with Crippen molar-refractivity contribution in [1.82, 2.24) is 4.90 Å². The molecule has 1 aliphatic rings. The monoisotopic (exact) mass is 157 g/mol. The molecule has 0 heterocycles. The lowest BCUT2D eigenvalue weighted by molar-refractivity contribution is 0.0194. The zero-order chi connectivity index (χ0) is 8.48. The van der Waals surface area contributed by atoms with Crippen LogP contribution in [0.3, 0.4) is 0 Å². The van der Waals surface area contributed by atoms with E-state index in [0.717, 1.165) is 19.4 Å². The Morgan fingerprint density at radius 1 is 1.55 bits per heavy atom. The first-order chi connectivity index (χ1) is 5.02. The van der Waals surface area contributed by atoms with Gasteiger partial charge in [0.15, 0.2) is 0 Å². The van der Waals surface area contributed by atoms with Crippen LogP contribution in [0.4, 0.5) is 0 Å². The van der Waals surface area contributed by atoms with Crippen molar-refractivity contribution < 1.29 is 5.11 Å². The number of likely N-dealkylation sites (N-methyl/N-ethyl adjacent to an activating group) is 1. The van der Waals surface area contributed by atoms with Crippen LogP contribution in [0.5, 0.6) is 0 Å². The van der Waals surface area contributed by atoms with E-state index in [1.54, 1.807) is 0 Å². The Labute approximate surface area is 69.2 Å². The maximum atomic E-state index is 9.99. The molecule has 0 aromatic carbocycles. The first-order valence-corrected chi connectivity index (χ1v) is 4.39. The van der Waals surface area contributed by atoms with Gasteiger partial charge in [-0.3, -0.25) is 0 Å². The summed E-state index contributed by atoms with van der Waals surface area (Å²) in [6.45, 7) is 3.03. The van der Waals surface area contributed by atoms with Crippen molar-refractivity contribution in [2.24, 2.45) is 5.92 Å². The highest BCUT2D eigenvalue weighted by atomic mass is 16.3. The smallest absolute Gasteiger partial charge is 0.0776 e. The molecule has 0 amide bonds. The summed E-state index contributed by atoms with van der Waals surface area (Å²) in [5, 5.41) is 9.99. The van der Waals surface area contributed by atoms with Crippen LogP contribution in [0.15, 0.2) is 0 Å². The van der Waals surface area contributed by atoms with Crippen molar-refractivity contribution in [1.29, 1.82) is 0 Å². The molecule has 66 valence electrons. The van der Waals surface area contributed by atoms with E-state index in [1.807, 2.05) is 14.1 Å². The molecule has 2 unspecified atom stereocenters. The molecule has 1 aliphatic carbocycles. The van der Waals surface area contributed by atoms with E-state index in [9.17, 15) is 5.11 Å². The van der Waals surface area contributed by atoms with Gasteiger partial charge >= 0.3 is 0 Å². The lowest BCUT2D eigenvalue weighted by Crippen LogP contribution is -2.37. The average Bonchev–Trinajstić information content (AvgIpc) is 2.08. The fraction of sp³-hybridized carbons (Fsp3) is 1.00. The third-order valence-corrected chi connectivity index (χ3v) is 2.44. The molecule has 0 aromatic rings. The Balaban J connectivity index is 2.42. The highest BCUT2D eigenvalue weighted by Crippen LogP contribution is 2.34. The maximum absolute atomic E-state index is 9.99. The van der Waals surface area contributed by atoms with Gasteiger partial charge in [0.1, 0.15) is 0 Å². The van der Waals surface area contributed by atoms with Crippen molar-refractivity contribution >= 4 is 0 Å². The van der Waals surface area contributed by atoms with Gasteiger partial charge in [-0.1, -0.05) is 6.92 Å². The molecule has 0 spiro atoms. The first kappa shape index (κ1) is 9.01. The number of hydrogen-bond donors (Lipinski definition) is 1. The summed E-state index contributed by atoms with van der Waals surface area (Å²) in [7, 11) is 4.03. The molecule has 0 radical (unpaired) electrons. The molecule has 1 N–H and O–H groups in total. The zero-order valence-corrected chi connectivity index (χ0v) is 7.80. The highest BCUT2D eigenvalue weighted by Gasteiger charge is 2.35. The Morgan fingerprint density at radius 2 is 2.18 bits per heavy atom. The van der Waals surface area contributed by atoms with Gasteiger partial charge in [-0.25, -0.2) is 0 Å². The molecule has 0 bridgehead atoms. The van der Waals surface area contributed by atoms with E-state index in [4.69, 9.17) is 0 Å². The predicted octanol–water partition coefficient (Wildman–Crippen LogP) is 1.10. The van der Waals surface area contributed by atoms with E-state index in [1.165, 1.54) is 6.42 Å². The largest absolute Gasteiger partial charge is 0.389 e. The second-order valence-electron chi connectivity index (χ2n) is 4.31. The Kier molecular flexibility index (Phi) is 2.55. The second-order valence-corrected chi connectivity index (χ2v) is 4.31. The van der Waals surface area contributed by atoms with E-state index in [-0.39, 0.29) is 5.60 Å². The minimum absolute atomic E-state index is 0.386. The van der Waals surface area contributed by atoms with Gasteiger partial charge in [-0.2, -0.15) is 0 Å². The normalized spacial score (nSPS) is 38.5. The summed E-state index contributed by atoms with van der Waals surface area (Å²) in [4.78, 5) is 2.07. The SMILES string of the molecule is CC1CCC(O)(CN(C)C)C1. The topological polar surface area (TPSA) is 23.5 Å². The average molecular weight is 157 g/mol. The number of aliphatic hydroxyl groups is 1. The minimum atomic E-state index is -0.386. The van der Waals surface area contributed by atoms with Gasteiger partial charge in [-0.05, 0) is 39.3 Å². The number of hydrogen-bond acceptors (Lipinski definition) is 2. The summed E-state index contributed by atoms with van der Waals surface area (Å²) in [6, 6.07) is 0. The van der Waals surface area contributed by atoms with Crippen molar-refractivity contribution in [3.8, 4) is 0 Å². The lowest BCUT2D eigenvalue weighted by Gasteiger charge is -2.26. The van der Waals surface area contributed by atoms with Gasteiger partial charge < -0.3 is 10.0 Å². The molecule has 2 heteroatoms. The minimum Gasteiger partial charge on any atom is -0.389 e. The van der Waals surface area contributed by atoms with Gasteiger partial charge in [0.2, 0.25) is 0 Å². The highest BCUT2D eigenvalue weighted by molar-refractivity contribution is 4.89. The second kappa shape index (κ2) is 3.11. The summed E-state index contributed by atoms with van der Waals surface area (Å²) < 4.78 is 0. The third-order valence-electron chi connectivity index (χ3n) is 2.44. The van der Waals surface area contributed by atoms with E-state index < -0.39 is 0 Å². The van der Waals surface area contributed by atoms with Crippen LogP contribution in [0.1, 0.15) is 26.2 Å². The molecule has 0 aromatic heterocycles. The Bertz CT molecular complexity index is 136. The maximum Gasteiger partial charge on any atom is 0.0776 e. The molecule has 2 nitrogen and oxygen atoms in total. The predicted molar refractivity (Wildman–Crippen MR) is 46.5 cm³/mol. The molecule has 0 aliphatic heterocycles. The van der Waals surface area contributed by atoms with Crippen molar-refractivity contribution in [2.75, 3.05) is 20.6 Å². The van der Waals surface area contributed by atoms with Crippen LogP contribution in [0.25, 0.3) is 0 Å². The van der Waals surface area contributed by atoms with Crippen LogP contribution < -0.4 is 0 Å².